The molecule has 0 aliphatic carbocycles. The molecule has 0 unspecified atom stereocenters. The highest BCUT2D eigenvalue weighted by Gasteiger charge is 2.25. The second-order valence-electron chi connectivity index (χ2n) is 4.02. The summed E-state index contributed by atoms with van der Waals surface area (Å²) in [6.07, 6.45) is 2.70. The van der Waals surface area contributed by atoms with Crippen molar-refractivity contribution in [2.45, 2.75) is 53.5 Å². The van der Waals surface area contributed by atoms with Crippen LogP contribution in [-0.2, 0) is 0 Å². The summed E-state index contributed by atoms with van der Waals surface area (Å²) in [5.74, 6) is 0. The third-order valence-electron chi connectivity index (χ3n) is 3.31. The van der Waals surface area contributed by atoms with Crippen LogP contribution in [0.25, 0.3) is 0 Å². The van der Waals surface area contributed by atoms with Gasteiger partial charge in [0.1, 0.15) is 0 Å². The number of rotatable bonds is 6. The van der Waals surface area contributed by atoms with Gasteiger partial charge < -0.3 is 4.48 Å². The minimum absolute atomic E-state index is 0.784. The maximum Gasteiger partial charge on any atom is 0.0833 e. The molecule has 0 atom stereocenters. The summed E-state index contributed by atoms with van der Waals surface area (Å²) in [6.45, 7) is 15.5. The van der Waals surface area contributed by atoms with Crippen molar-refractivity contribution in [3.63, 3.8) is 0 Å². The molecule has 0 amide bonds. The van der Waals surface area contributed by atoms with E-state index >= 15 is 0 Å². The predicted molar refractivity (Wildman–Crippen MR) is 56.3 cm³/mol. The summed E-state index contributed by atoms with van der Waals surface area (Å²) in [6, 6.07) is 0.784. The zero-order valence-electron chi connectivity index (χ0n) is 9.56. The Bertz CT molecular complexity index is 104. The molecule has 0 N–H and O–H groups in total. The summed E-state index contributed by atoms with van der Waals surface area (Å²) >= 11 is 0. The molecular formula is C11H26N+. The van der Waals surface area contributed by atoms with Gasteiger partial charge in [0, 0.05) is 0 Å². The van der Waals surface area contributed by atoms with Crippen molar-refractivity contribution in [2.75, 3.05) is 19.6 Å². The van der Waals surface area contributed by atoms with Gasteiger partial charge in [0.15, 0.2) is 0 Å². The van der Waals surface area contributed by atoms with Crippen molar-refractivity contribution in [1.82, 2.24) is 0 Å². The van der Waals surface area contributed by atoms with Crippen LogP contribution in [0, 0.1) is 0 Å². The molecule has 0 fully saturated rings. The number of hydrogen-bond donors (Lipinski definition) is 0. The average Bonchev–Trinajstić information content (AvgIpc) is 2.07. The number of quaternary nitrogens is 1. The number of hydrogen-bond acceptors (Lipinski definition) is 0. The number of nitrogens with zero attached hydrogens (tertiary/aromatic N) is 1. The molecule has 0 aromatic heterocycles. The lowest BCUT2D eigenvalue weighted by Gasteiger charge is -2.41. The first-order chi connectivity index (χ1) is 5.63. The Morgan fingerprint density at radius 2 is 1.50 bits per heavy atom. The molecule has 0 aromatic carbocycles. The third-order valence-corrected chi connectivity index (χ3v) is 3.31. The first-order valence-corrected chi connectivity index (χ1v) is 5.48. The van der Waals surface area contributed by atoms with E-state index in [9.17, 15) is 0 Å². The van der Waals surface area contributed by atoms with Crippen LogP contribution in [0.2, 0.25) is 0 Å². The molecular weight excluding hydrogens is 146 g/mol. The smallest absolute Gasteiger partial charge is 0.0833 e. The van der Waals surface area contributed by atoms with Crippen LogP contribution in [0.1, 0.15) is 47.5 Å². The lowest BCUT2D eigenvalue weighted by Crippen LogP contribution is -2.53. The fourth-order valence-electron chi connectivity index (χ4n) is 2.00. The quantitative estimate of drug-likeness (QED) is 0.540. The van der Waals surface area contributed by atoms with Crippen molar-refractivity contribution < 1.29 is 4.48 Å². The standard InChI is InChI=1S/C11H26N/c1-6-9-10-12(7-2,8-3)11(4)5/h11H,6-10H2,1-5H3/q+1. The van der Waals surface area contributed by atoms with Crippen molar-refractivity contribution in [1.29, 1.82) is 0 Å². The van der Waals surface area contributed by atoms with E-state index in [1.165, 1.54) is 37.0 Å². The van der Waals surface area contributed by atoms with Crippen LogP contribution < -0.4 is 0 Å². The highest BCUT2D eigenvalue weighted by atomic mass is 15.4. The highest BCUT2D eigenvalue weighted by molar-refractivity contribution is 4.46. The van der Waals surface area contributed by atoms with Gasteiger partial charge in [-0.2, -0.15) is 0 Å². The summed E-state index contributed by atoms with van der Waals surface area (Å²) < 4.78 is 1.30. The van der Waals surface area contributed by atoms with Crippen molar-refractivity contribution in [2.24, 2.45) is 0 Å². The molecule has 0 aromatic rings. The molecule has 0 rings (SSSR count). The van der Waals surface area contributed by atoms with E-state index in [2.05, 4.69) is 34.6 Å². The topological polar surface area (TPSA) is 0 Å². The van der Waals surface area contributed by atoms with E-state index in [-0.39, 0.29) is 0 Å². The molecule has 1 nitrogen and oxygen atoms in total. The van der Waals surface area contributed by atoms with Crippen LogP contribution in [0.4, 0.5) is 0 Å². The number of unbranched alkanes of at least 4 members (excludes halogenated alkanes) is 1. The first-order valence-electron chi connectivity index (χ1n) is 5.48. The Morgan fingerprint density at radius 1 is 1.00 bits per heavy atom. The Kier molecular flexibility index (Phi) is 5.56. The zero-order valence-corrected chi connectivity index (χ0v) is 9.56. The van der Waals surface area contributed by atoms with E-state index in [0.29, 0.717) is 0 Å². The third kappa shape index (κ3) is 2.78. The maximum atomic E-state index is 2.35. The Hall–Kier alpha value is -0.0400. The van der Waals surface area contributed by atoms with E-state index in [4.69, 9.17) is 0 Å². The molecule has 0 heterocycles. The second-order valence-corrected chi connectivity index (χ2v) is 4.02. The normalized spacial score (nSPS) is 12.5. The van der Waals surface area contributed by atoms with Crippen molar-refractivity contribution >= 4 is 0 Å². The molecule has 0 spiro atoms. The molecule has 1 heteroatoms. The lowest BCUT2D eigenvalue weighted by atomic mass is 10.2. The van der Waals surface area contributed by atoms with Crippen LogP contribution in [-0.4, -0.2) is 30.2 Å². The Balaban J connectivity index is 4.15. The van der Waals surface area contributed by atoms with Gasteiger partial charge in [0.25, 0.3) is 0 Å². The van der Waals surface area contributed by atoms with Gasteiger partial charge in [0.05, 0.1) is 25.7 Å². The monoisotopic (exact) mass is 172 g/mol. The minimum atomic E-state index is 0.784. The van der Waals surface area contributed by atoms with Gasteiger partial charge in [0.2, 0.25) is 0 Å². The van der Waals surface area contributed by atoms with Crippen LogP contribution >= 0.6 is 0 Å². The van der Waals surface area contributed by atoms with Gasteiger partial charge in [-0.25, -0.2) is 0 Å². The summed E-state index contributed by atoms with van der Waals surface area (Å²) in [5.41, 5.74) is 0. The molecule has 0 radical (unpaired) electrons. The Labute approximate surface area is 78.4 Å². The van der Waals surface area contributed by atoms with Gasteiger partial charge >= 0.3 is 0 Å². The molecule has 74 valence electrons. The van der Waals surface area contributed by atoms with Gasteiger partial charge in [-0.15, -0.1) is 0 Å². The van der Waals surface area contributed by atoms with Gasteiger partial charge in [-0.1, -0.05) is 13.3 Å². The molecule has 0 bridgehead atoms. The first kappa shape index (κ1) is 12.0. The van der Waals surface area contributed by atoms with E-state index in [0.717, 1.165) is 6.04 Å². The van der Waals surface area contributed by atoms with Crippen LogP contribution in [0.5, 0.6) is 0 Å². The Morgan fingerprint density at radius 3 is 1.75 bits per heavy atom. The summed E-state index contributed by atoms with van der Waals surface area (Å²) in [4.78, 5) is 0. The highest BCUT2D eigenvalue weighted by Crippen LogP contribution is 2.14. The molecule has 0 saturated carbocycles. The predicted octanol–water partition coefficient (Wildman–Crippen LogP) is 3.05. The molecule has 0 saturated heterocycles. The lowest BCUT2D eigenvalue weighted by molar-refractivity contribution is -0.944. The van der Waals surface area contributed by atoms with E-state index in [1.54, 1.807) is 0 Å². The average molecular weight is 172 g/mol. The van der Waals surface area contributed by atoms with Crippen molar-refractivity contribution in [3.05, 3.63) is 0 Å². The fraction of sp³-hybridized carbons (Fsp3) is 1.00. The summed E-state index contributed by atoms with van der Waals surface area (Å²) in [5, 5.41) is 0. The molecule has 12 heavy (non-hydrogen) atoms. The SMILES string of the molecule is CCCC[N+](CC)(CC)C(C)C. The van der Waals surface area contributed by atoms with Gasteiger partial charge in [-0.3, -0.25) is 0 Å². The maximum absolute atomic E-state index is 2.35. The molecule has 0 aliphatic heterocycles. The largest absolute Gasteiger partial charge is 0.322 e. The zero-order chi connectivity index (χ0) is 9.61. The fourth-order valence-corrected chi connectivity index (χ4v) is 2.00. The van der Waals surface area contributed by atoms with Crippen molar-refractivity contribution in [3.8, 4) is 0 Å². The molecule has 0 aliphatic rings. The summed E-state index contributed by atoms with van der Waals surface area (Å²) in [7, 11) is 0. The minimum Gasteiger partial charge on any atom is -0.322 e. The van der Waals surface area contributed by atoms with E-state index < -0.39 is 0 Å². The van der Waals surface area contributed by atoms with Gasteiger partial charge in [-0.05, 0) is 34.1 Å². The second kappa shape index (κ2) is 5.58. The van der Waals surface area contributed by atoms with E-state index in [1.807, 2.05) is 0 Å². The van der Waals surface area contributed by atoms with Crippen LogP contribution in [0.3, 0.4) is 0 Å². The van der Waals surface area contributed by atoms with Crippen LogP contribution in [0.15, 0.2) is 0 Å².